The van der Waals surface area contributed by atoms with Crippen LogP contribution in [0.3, 0.4) is 0 Å². The minimum Gasteiger partial charge on any atom is -0.484 e. The number of nitrogens with one attached hydrogen (secondary N) is 2. The minimum atomic E-state index is -0.577. The summed E-state index contributed by atoms with van der Waals surface area (Å²) in [6.45, 7) is 1.39. The number of fused-ring (bicyclic) bond motifs is 1. The van der Waals surface area contributed by atoms with E-state index in [1.165, 1.54) is 50.3 Å². The summed E-state index contributed by atoms with van der Waals surface area (Å²) in [5.41, 5.74) is 0. The second-order valence-corrected chi connectivity index (χ2v) is 11.2. The van der Waals surface area contributed by atoms with Gasteiger partial charge < -0.3 is 15.4 Å². The molecule has 4 aliphatic rings. The highest BCUT2D eigenvalue weighted by Crippen LogP contribution is 2.47. The fourth-order valence-electron chi connectivity index (χ4n) is 6.59. The SMILES string of the molecule is CN1CC(C(=O)NC2C[C@H](NC(=O)COc3ccc(Cl)c(F)c3)C3CCC23)CN1C1CCCCC1. The van der Waals surface area contributed by atoms with Crippen LogP contribution in [0.4, 0.5) is 4.39 Å². The molecule has 5 rings (SSSR count). The van der Waals surface area contributed by atoms with E-state index in [1.807, 2.05) is 0 Å². The van der Waals surface area contributed by atoms with Crippen LogP contribution in [0.5, 0.6) is 5.75 Å². The van der Waals surface area contributed by atoms with Gasteiger partial charge in [-0.2, -0.15) is 0 Å². The Morgan fingerprint density at radius 2 is 1.77 bits per heavy atom. The molecule has 1 aliphatic heterocycles. The summed E-state index contributed by atoms with van der Waals surface area (Å²) in [6.07, 6.45) is 9.24. The molecule has 3 saturated carbocycles. The predicted octanol–water partition coefficient (Wildman–Crippen LogP) is 3.37. The number of amides is 2. The van der Waals surface area contributed by atoms with Crippen LogP contribution in [-0.2, 0) is 9.59 Å². The third-order valence-corrected chi connectivity index (χ3v) is 8.86. The Morgan fingerprint density at radius 3 is 2.46 bits per heavy atom. The van der Waals surface area contributed by atoms with Crippen molar-refractivity contribution >= 4 is 23.4 Å². The number of hydrazine groups is 1. The Labute approximate surface area is 211 Å². The fourth-order valence-corrected chi connectivity index (χ4v) is 6.71. The molecular formula is C26H36ClFN4O3. The normalized spacial score (nSPS) is 31.6. The first-order valence-corrected chi connectivity index (χ1v) is 13.4. The van der Waals surface area contributed by atoms with Gasteiger partial charge in [-0.05, 0) is 56.1 Å². The lowest BCUT2D eigenvalue weighted by Gasteiger charge is -2.36. The Bertz CT molecular complexity index is 943. The molecule has 2 amide bonds. The molecule has 5 atom stereocenters. The van der Waals surface area contributed by atoms with Crippen LogP contribution in [-0.4, -0.2) is 66.7 Å². The van der Waals surface area contributed by atoms with E-state index in [9.17, 15) is 14.0 Å². The van der Waals surface area contributed by atoms with E-state index in [1.54, 1.807) is 0 Å². The molecule has 35 heavy (non-hydrogen) atoms. The Hall–Kier alpha value is -1.90. The topological polar surface area (TPSA) is 73.9 Å². The van der Waals surface area contributed by atoms with Gasteiger partial charge in [0.05, 0.1) is 10.9 Å². The molecule has 7 nitrogen and oxygen atoms in total. The van der Waals surface area contributed by atoms with Crippen molar-refractivity contribution in [3.05, 3.63) is 29.0 Å². The maximum absolute atomic E-state index is 13.6. The molecule has 0 aromatic heterocycles. The Balaban J connectivity index is 1.10. The number of ether oxygens (including phenoxy) is 1. The summed E-state index contributed by atoms with van der Waals surface area (Å²) in [4.78, 5) is 25.7. The molecule has 0 bridgehead atoms. The molecule has 1 aromatic rings. The number of rotatable bonds is 7. The minimum absolute atomic E-state index is 0.0118. The summed E-state index contributed by atoms with van der Waals surface area (Å²) in [5, 5.41) is 11.1. The lowest BCUT2D eigenvalue weighted by atomic mass is 9.73. The molecule has 3 aliphatic carbocycles. The van der Waals surface area contributed by atoms with E-state index < -0.39 is 5.82 Å². The van der Waals surface area contributed by atoms with Crippen molar-refractivity contribution in [1.29, 1.82) is 0 Å². The molecule has 1 aromatic carbocycles. The first kappa shape index (κ1) is 24.8. The van der Waals surface area contributed by atoms with Gasteiger partial charge >= 0.3 is 0 Å². The number of hydrogen-bond acceptors (Lipinski definition) is 5. The summed E-state index contributed by atoms with van der Waals surface area (Å²) in [6, 6.07) is 4.82. The number of carbonyl (C=O) groups is 2. The molecule has 1 heterocycles. The van der Waals surface area contributed by atoms with Gasteiger partial charge in [0.15, 0.2) is 6.61 Å². The first-order valence-electron chi connectivity index (χ1n) is 13.0. The Kier molecular flexibility index (Phi) is 7.51. The van der Waals surface area contributed by atoms with Crippen molar-refractivity contribution in [2.24, 2.45) is 17.8 Å². The Morgan fingerprint density at radius 1 is 1.06 bits per heavy atom. The lowest BCUT2D eigenvalue weighted by Crippen LogP contribution is -2.46. The third-order valence-electron chi connectivity index (χ3n) is 8.56. The smallest absolute Gasteiger partial charge is 0.258 e. The standard InChI is InChI=1S/C26H36ClFN4O3/c1-31-13-16(14-32(31)17-5-3-2-4-6-17)26(34)30-24-12-23(19-8-9-20(19)24)29-25(33)15-35-18-7-10-21(27)22(28)11-18/h7,10-11,16-17,19-20,23-24H,2-6,8-9,12-15H2,1H3,(H,29,33)(H,30,34)/t16?,19?,20?,23-,24?/m0/s1. The van der Waals surface area contributed by atoms with Gasteiger partial charge in [0.25, 0.3) is 5.91 Å². The average molecular weight is 507 g/mol. The largest absolute Gasteiger partial charge is 0.484 e. The van der Waals surface area contributed by atoms with E-state index in [0.717, 1.165) is 32.4 Å². The molecular weight excluding hydrogens is 471 g/mol. The van der Waals surface area contributed by atoms with E-state index in [2.05, 4.69) is 27.7 Å². The van der Waals surface area contributed by atoms with Crippen molar-refractivity contribution in [2.75, 3.05) is 26.7 Å². The van der Waals surface area contributed by atoms with Gasteiger partial charge in [0, 0.05) is 44.3 Å². The van der Waals surface area contributed by atoms with Crippen molar-refractivity contribution < 1.29 is 18.7 Å². The zero-order valence-corrected chi connectivity index (χ0v) is 21.1. The van der Waals surface area contributed by atoms with Gasteiger partial charge in [-0.3, -0.25) is 9.59 Å². The highest BCUT2D eigenvalue weighted by molar-refractivity contribution is 6.30. The van der Waals surface area contributed by atoms with E-state index in [4.69, 9.17) is 16.3 Å². The van der Waals surface area contributed by atoms with Crippen molar-refractivity contribution in [3.8, 4) is 5.75 Å². The molecule has 9 heteroatoms. The van der Waals surface area contributed by atoms with Gasteiger partial charge in [-0.1, -0.05) is 30.9 Å². The second-order valence-electron chi connectivity index (χ2n) is 10.7. The number of carbonyl (C=O) groups excluding carboxylic acids is 2. The average Bonchev–Trinajstić information content (AvgIpc) is 3.31. The highest BCUT2D eigenvalue weighted by atomic mass is 35.5. The number of nitrogens with zero attached hydrogens (tertiary/aromatic N) is 2. The predicted molar refractivity (Wildman–Crippen MR) is 131 cm³/mol. The summed E-state index contributed by atoms with van der Waals surface area (Å²) < 4.78 is 19.0. The van der Waals surface area contributed by atoms with Gasteiger partial charge in [0.2, 0.25) is 5.91 Å². The molecule has 192 valence electrons. The summed E-state index contributed by atoms with van der Waals surface area (Å²) in [5.74, 6) is 0.401. The van der Waals surface area contributed by atoms with Crippen LogP contribution >= 0.6 is 11.6 Å². The van der Waals surface area contributed by atoms with Crippen molar-refractivity contribution in [2.45, 2.75) is 69.5 Å². The van der Waals surface area contributed by atoms with E-state index in [0.29, 0.717) is 17.9 Å². The quantitative estimate of drug-likeness (QED) is 0.593. The van der Waals surface area contributed by atoms with Crippen LogP contribution in [0, 0.1) is 23.6 Å². The maximum Gasteiger partial charge on any atom is 0.258 e. The molecule has 4 unspecified atom stereocenters. The van der Waals surface area contributed by atoms with Gasteiger partial charge in [-0.15, -0.1) is 0 Å². The van der Waals surface area contributed by atoms with Crippen molar-refractivity contribution in [1.82, 2.24) is 20.7 Å². The zero-order chi connectivity index (χ0) is 24.5. The van der Waals surface area contributed by atoms with Crippen molar-refractivity contribution in [3.63, 3.8) is 0 Å². The summed E-state index contributed by atoms with van der Waals surface area (Å²) >= 11 is 5.69. The molecule has 4 fully saturated rings. The van der Waals surface area contributed by atoms with Gasteiger partial charge in [0.1, 0.15) is 11.6 Å². The van der Waals surface area contributed by atoms with Gasteiger partial charge in [-0.25, -0.2) is 14.4 Å². The second kappa shape index (κ2) is 10.6. The highest BCUT2D eigenvalue weighted by Gasteiger charge is 2.50. The molecule has 2 N–H and O–H groups in total. The van der Waals surface area contributed by atoms with E-state index in [-0.39, 0.29) is 47.2 Å². The third kappa shape index (κ3) is 5.44. The maximum atomic E-state index is 13.6. The zero-order valence-electron chi connectivity index (χ0n) is 20.3. The number of benzene rings is 1. The lowest BCUT2D eigenvalue weighted by molar-refractivity contribution is -0.126. The van der Waals surface area contributed by atoms with Crippen LogP contribution in [0.25, 0.3) is 0 Å². The number of hydrogen-bond donors (Lipinski definition) is 2. The fraction of sp³-hybridized carbons (Fsp3) is 0.692. The summed E-state index contributed by atoms with van der Waals surface area (Å²) in [7, 11) is 2.10. The van der Waals surface area contributed by atoms with Crippen LogP contribution in [0.1, 0.15) is 51.4 Å². The van der Waals surface area contributed by atoms with Crippen LogP contribution in [0.2, 0.25) is 5.02 Å². The molecule has 0 radical (unpaired) electrons. The van der Waals surface area contributed by atoms with E-state index >= 15 is 0 Å². The number of halogens is 2. The molecule has 1 saturated heterocycles. The first-order chi connectivity index (χ1) is 16.9. The van der Waals surface area contributed by atoms with Crippen LogP contribution < -0.4 is 15.4 Å². The van der Waals surface area contributed by atoms with Crippen LogP contribution in [0.15, 0.2) is 18.2 Å². The molecule has 0 spiro atoms. The monoisotopic (exact) mass is 506 g/mol.